The van der Waals surface area contributed by atoms with Crippen molar-refractivity contribution in [2.24, 2.45) is 5.92 Å². The standard InChI is InChI=1S/C23H30N8O2/c1-4-17(23(32)30-8-9-33-18(12-30)15-6-7-15)28-20-19-22(27-13-26-20)31(5-2)21(29-19)16-10-24-14(3)25-11-16/h10-11,13,15,17-18H,4-9,12H2,1-3H3,(H,26,27,28). The van der Waals surface area contributed by atoms with E-state index in [4.69, 9.17) is 9.72 Å². The summed E-state index contributed by atoms with van der Waals surface area (Å²) in [7, 11) is 0. The smallest absolute Gasteiger partial charge is 0.245 e. The third kappa shape index (κ3) is 4.27. The van der Waals surface area contributed by atoms with Crippen LogP contribution < -0.4 is 5.32 Å². The van der Waals surface area contributed by atoms with E-state index in [-0.39, 0.29) is 18.1 Å². The molecule has 2 aliphatic rings. The van der Waals surface area contributed by atoms with Crippen LogP contribution in [0.5, 0.6) is 0 Å². The molecule has 1 N–H and O–H groups in total. The molecule has 3 aromatic rings. The Morgan fingerprint density at radius 3 is 2.70 bits per heavy atom. The molecule has 2 fully saturated rings. The molecule has 1 saturated carbocycles. The van der Waals surface area contributed by atoms with Crippen LogP contribution >= 0.6 is 0 Å². The summed E-state index contributed by atoms with van der Waals surface area (Å²) in [5, 5.41) is 3.36. The van der Waals surface area contributed by atoms with Crippen molar-refractivity contribution < 1.29 is 9.53 Å². The first kappa shape index (κ1) is 21.7. The number of aryl methyl sites for hydroxylation is 2. The van der Waals surface area contributed by atoms with E-state index in [1.54, 1.807) is 12.4 Å². The summed E-state index contributed by atoms with van der Waals surface area (Å²) >= 11 is 0. The van der Waals surface area contributed by atoms with Gasteiger partial charge in [0, 0.05) is 32.0 Å². The molecule has 10 heteroatoms. The van der Waals surface area contributed by atoms with Crippen molar-refractivity contribution in [1.29, 1.82) is 0 Å². The summed E-state index contributed by atoms with van der Waals surface area (Å²) in [5.41, 5.74) is 2.17. The van der Waals surface area contributed by atoms with Gasteiger partial charge >= 0.3 is 0 Å². The summed E-state index contributed by atoms with van der Waals surface area (Å²) < 4.78 is 7.91. The molecule has 2 atom stereocenters. The SMILES string of the molecule is CCC(Nc1ncnc2c1nc(-c1cnc(C)nc1)n2CC)C(=O)N1CCOC(C2CC2)C1. The van der Waals surface area contributed by atoms with Crippen LogP contribution in [0, 0.1) is 12.8 Å². The lowest BCUT2D eigenvalue weighted by Gasteiger charge is -2.35. The number of morpholine rings is 1. The van der Waals surface area contributed by atoms with E-state index in [0.29, 0.717) is 61.4 Å². The molecule has 174 valence electrons. The van der Waals surface area contributed by atoms with Gasteiger partial charge in [0.05, 0.1) is 18.3 Å². The lowest BCUT2D eigenvalue weighted by Crippen LogP contribution is -2.51. The van der Waals surface area contributed by atoms with Crippen molar-refractivity contribution >= 4 is 22.9 Å². The van der Waals surface area contributed by atoms with Crippen molar-refractivity contribution in [3.8, 4) is 11.4 Å². The maximum atomic E-state index is 13.4. The van der Waals surface area contributed by atoms with E-state index in [1.165, 1.54) is 19.2 Å². The molecule has 0 aromatic carbocycles. The molecule has 2 unspecified atom stereocenters. The minimum atomic E-state index is -0.390. The highest BCUT2D eigenvalue weighted by Crippen LogP contribution is 2.36. The van der Waals surface area contributed by atoms with Crippen LogP contribution in [-0.4, -0.2) is 72.1 Å². The predicted octanol–water partition coefficient (Wildman–Crippen LogP) is 2.44. The summed E-state index contributed by atoms with van der Waals surface area (Å²) in [6, 6.07) is -0.390. The number of fused-ring (bicyclic) bond motifs is 1. The second-order valence-electron chi connectivity index (χ2n) is 8.73. The number of aromatic nitrogens is 6. The van der Waals surface area contributed by atoms with Crippen molar-refractivity contribution in [2.75, 3.05) is 25.0 Å². The van der Waals surface area contributed by atoms with Crippen molar-refractivity contribution in [2.45, 2.75) is 58.7 Å². The fraction of sp³-hybridized carbons (Fsp3) is 0.565. The summed E-state index contributed by atoms with van der Waals surface area (Å²) in [6.45, 7) is 8.48. The summed E-state index contributed by atoms with van der Waals surface area (Å²) in [5.74, 6) is 2.69. The second kappa shape index (κ2) is 9.01. The lowest BCUT2D eigenvalue weighted by atomic mass is 10.1. The highest BCUT2D eigenvalue weighted by atomic mass is 16.5. The van der Waals surface area contributed by atoms with E-state index in [1.807, 2.05) is 30.2 Å². The number of amides is 1. The Morgan fingerprint density at radius 2 is 2.00 bits per heavy atom. The normalized spacial score (nSPS) is 19.6. The molecule has 4 heterocycles. The van der Waals surface area contributed by atoms with E-state index in [2.05, 4.69) is 25.3 Å². The third-order valence-corrected chi connectivity index (χ3v) is 6.46. The number of hydrogen-bond acceptors (Lipinski definition) is 8. The number of imidazole rings is 1. The van der Waals surface area contributed by atoms with E-state index < -0.39 is 0 Å². The Morgan fingerprint density at radius 1 is 1.21 bits per heavy atom. The average molecular weight is 451 g/mol. The average Bonchev–Trinajstić information content (AvgIpc) is 3.63. The number of hydrogen-bond donors (Lipinski definition) is 1. The number of rotatable bonds is 7. The summed E-state index contributed by atoms with van der Waals surface area (Å²) in [6.07, 6.45) is 8.27. The highest BCUT2D eigenvalue weighted by molar-refractivity contribution is 5.90. The molecule has 1 aliphatic carbocycles. The van der Waals surface area contributed by atoms with Crippen LogP contribution in [-0.2, 0) is 16.1 Å². The molecule has 33 heavy (non-hydrogen) atoms. The zero-order valence-electron chi connectivity index (χ0n) is 19.4. The topological polar surface area (TPSA) is 111 Å². The first-order chi connectivity index (χ1) is 16.1. The molecule has 3 aromatic heterocycles. The quantitative estimate of drug-likeness (QED) is 0.584. The Labute approximate surface area is 192 Å². The van der Waals surface area contributed by atoms with Gasteiger partial charge in [-0.05, 0) is 39.0 Å². The van der Waals surface area contributed by atoms with Crippen LogP contribution in [0.3, 0.4) is 0 Å². The van der Waals surface area contributed by atoms with Gasteiger partial charge in [-0.25, -0.2) is 24.9 Å². The molecule has 0 radical (unpaired) electrons. The van der Waals surface area contributed by atoms with Gasteiger partial charge in [0.15, 0.2) is 17.0 Å². The Balaban J connectivity index is 1.42. The van der Waals surface area contributed by atoms with Crippen molar-refractivity contribution in [3.05, 3.63) is 24.5 Å². The van der Waals surface area contributed by atoms with E-state index >= 15 is 0 Å². The third-order valence-electron chi connectivity index (χ3n) is 6.46. The molecule has 1 saturated heterocycles. The zero-order chi connectivity index (χ0) is 22.9. The molecular weight excluding hydrogens is 420 g/mol. The highest BCUT2D eigenvalue weighted by Gasteiger charge is 2.37. The first-order valence-electron chi connectivity index (χ1n) is 11.8. The molecule has 1 amide bonds. The van der Waals surface area contributed by atoms with Gasteiger partial charge < -0.3 is 19.5 Å². The molecular formula is C23H30N8O2. The number of nitrogens with zero attached hydrogens (tertiary/aromatic N) is 7. The van der Waals surface area contributed by atoms with Crippen LogP contribution in [0.1, 0.15) is 38.9 Å². The van der Waals surface area contributed by atoms with E-state index in [9.17, 15) is 4.79 Å². The Bertz CT molecular complexity index is 1140. The monoisotopic (exact) mass is 450 g/mol. The van der Waals surface area contributed by atoms with Gasteiger partial charge in [-0.1, -0.05) is 6.92 Å². The predicted molar refractivity (Wildman–Crippen MR) is 124 cm³/mol. The van der Waals surface area contributed by atoms with Gasteiger partial charge in [0.25, 0.3) is 0 Å². The molecule has 5 rings (SSSR count). The number of carbonyl (C=O) groups is 1. The van der Waals surface area contributed by atoms with Gasteiger partial charge in [0.1, 0.15) is 24.0 Å². The van der Waals surface area contributed by atoms with Crippen LogP contribution in [0.4, 0.5) is 5.82 Å². The second-order valence-corrected chi connectivity index (χ2v) is 8.73. The van der Waals surface area contributed by atoms with Crippen molar-refractivity contribution in [1.82, 2.24) is 34.4 Å². The van der Waals surface area contributed by atoms with Gasteiger partial charge in [-0.15, -0.1) is 0 Å². The molecule has 0 spiro atoms. The number of ether oxygens (including phenoxy) is 1. The maximum absolute atomic E-state index is 13.4. The first-order valence-corrected chi connectivity index (χ1v) is 11.8. The number of nitrogens with one attached hydrogen (secondary N) is 1. The molecule has 10 nitrogen and oxygen atoms in total. The van der Waals surface area contributed by atoms with E-state index in [0.717, 1.165) is 11.4 Å². The fourth-order valence-corrected chi connectivity index (χ4v) is 4.42. The van der Waals surface area contributed by atoms with Crippen LogP contribution in [0.25, 0.3) is 22.6 Å². The number of anilines is 1. The summed E-state index contributed by atoms with van der Waals surface area (Å²) in [4.78, 5) is 37.7. The largest absolute Gasteiger partial charge is 0.374 e. The Hall–Kier alpha value is -3.14. The van der Waals surface area contributed by atoms with Gasteiger partial charge in [0.2, 0.25) is 5.91 Å². The Kier molecular flexibility index (Phi) is 5.92. The lowest BCUT2D eigenvalue weighted by molar-refractivity contribution is -0.140. The molecule has 1 aliphatic heterocycles. The maximum Gasteiger partial charge on any atom is 0.245 e. The van der Waals surface area contributed by atoms with Crippen molar-refractivity contribution in [3.63, 3.8) is 0 Å². The van der Waals surface area contributed by atoms with Crippen LogP contribution in [0.2, 0.25) is 0 Å². The van der Waals surface area contributed by atoms with Gasteiger partial charge in [-0.2, -0.15) is 0 Å². The minimum Gasteiger partial charge on any atom is -0.374 e. The fourth-order valence-electron chi connectivity index (χ4n) is 4.42. The van der Waals surface area contributed by atoms with Gasteiger partial charge in [-0.3, -0.25) is 4.79 Å². The number of carbonyl (C=O) groups excluding carboxylic acids is 1. The van der Waals surface area contributed by atoms with Crippen LogP contribution in [0.15, 0.2) is 18.7 Å². The molecule has 0 bridgehead atoms. The zero-order valence-corrected chi connectivity index (χ0v) is 19.4. The minimum absolute atomic E-state index is 0.0836.